The SMILES string of the molecule is CCCCCO[P+](O)(OC(N)C(N)N)C(N)C(=N)N. The average molecular weight is 297 g/mol. The molecule has 0 heterocycles. The molecule has 0 aliphatic heterocycles. The first-order chi connectivity index (χ1) is 8.74. The number of hydrogen-bond donors (Lipinski definition) is 7. The summed E-state index contributed by atoms with van der Waals surface area (Å²) in [6, 6.07) is 0. The molecule has 9 nitrogen and oxygen atoms in total. The van der Waals surface area contributed by atoms with Crippen molar-refractivity contribution in [2.45, 2.75) is 44.4 Å². The van der Waals surface area contributed by atoms with Crippen molar-refractivity contribution in [2.24, 2.45) is 28.7 Å². The summed E-state index contributed by atoms with van der Waals surface area (Å²) in [5.41, 5.74) is 27.1. The number of hydrogen-bond acceptors (Lipinski definition) is 8. The molecule has 0 fully saturated rings. The highest BCUT2D eigenvalue weighted by atomic mass is 31.2. The van der Waals surface area contributed by atoms with E-state index in [1.54, 1.807) is 0 Å². The molecule has 0 saturated carbocycles. The minimum atomic E-state index is -3.62. The van der Waals surface area contributed by atoms with Gasteiger partial charge in [-0.1, -0.05) is 19.8 Å². The van der Waals surface area contributed by atoms with Gasteiger partial charge in [0.25, 0.3) is 5.78 Å². The lowest BCUT2D eigenvalue weighted by Gasteiger charge is -2.25. The molecule has 19 heavy (non-hydrogen) atoms. The van der Waals surface area contributed by atoms with Crippen LogP contribution in [0.15, 0.2) is 0 Å². The fourth-order valence-corrected chi connectivity index (χ4v) is 2.73. The van der Waals surface area contributed by atoms with Gasteiger partial charge in [-0.25, -0.2) is 0 Å². The van der Waals surface area contributed by atoms with E-state index in [9.17, 15) is 4.89 Å². The van der Waals surface area contributed by atoms with Crippen LogP contribution in [-0.2, 0) is 9.05 Å². The maximum Gasteiger partial charge on any atom is 0.436 e. The van der Waals surface area contributed by atoms with Crippen LogP contribution in [0.3, 0.4) is 0 Å². The summed E-state index contributed by atoms with van der Waals surface area (Å²) in [6.07, 6.45) is 0.474. The summed E-state index contributed by atoms with van der Waals surface area (Å²) >= 11 is 0. The van der Waals surface area contributed by atoms with Gasteiger partial charge in [0.15, 0.2) is 12.1 Å². The van der Waals surface area contributed by atoms with E-state index in [4.69, 9.17) is 43.1 Å². The van der Waals surface area contributed by atoms with Crippen LogP contribution >= 0.6 is 7.94 Å². The Morgan fingerprint density at radius 3 is 2.26 bits per heavy atom. The zero-order chi connectivity index (χ0) is 15.1. The number of nitrogens with one attached hydrogen (secondary N) is 1. The van der Waals surface area contributed by atoms with Crippen molar-refractivity contribution >= 4 is 13.8 Å². The van der Waals surface area contributed by atoms with Gasteiger partial charge in [-0.15, -0.1) is 0 Å². The van der Waals surface area contributed by atoms with Crippen LogP contribution in [0.1, 0.15) is 26.2 Å². The van der Waals surface area contributed by atoms with Gasteiger partial charge in [0.05, 0.1) is 12.8 Å². The summed E-state index contributed by atoms with van der Waals surface area (Å²) in [4.78, 5) is 10.3. The molecule has 3 atom stereocenters. The Bertz CT molecular complexity index is 283. The van der Waals surface area contributed by atoms with Crippen molar-refractivity contribution in [1.82, 2.24) is 0 Å². The molecule has 0 aliphatic rings. The molecule has 0 amide bonds. The predicted octanol–water partition coefficient (Wildman–Crippen LogP) is -1.29. The first kappa shape index (κ1) is 18.6. The second-order valence-electron chi connectivity index (χ2n) is 4.15. The van der Waals surface area contributed by atoms with Gasteiger partial charge in [0, 0.05) is 0 Å². The lowest BCUT2D eigenvalue weighted by atomic mass is 10.3. The Morgan fingerprint density at radius 1 is 1.26 bits per heavy atom. The topological polar surface area (TPSA) is 193 Å². The van der Waals surface area contributed by atoms with Gasteiger partial charge in [-0.2, -0.15) is 13.9 Å². The maximum atomic E-state index is 10.3. The van der Waals surface area contributed by atoms with Gasteiger partial charge < -0.3 is 17.2 Å². The van der Waals surface area contributed by atoms with Crippen molar-refractivity contribution in [3.05, 3.63) is 0 Å². The number of amidine groups is 1. The first-order valence-corrected chi connectivity index (χ1v) is 7.70. The summed E-state index contributed by atoms with van der Waals surface area (Å²) in [7, 11) is -3.62. The van der Waals surface area contributed by atoms with Crippen LogP contribution in [-0.4, -0.2) is 35.5 Å². The molecular formula is C9H26N6O3P+. The van der Waals surface area contributed by atoms with E-state index in [-0.39, 0.29) is 6.61 Å². The van der Waals surface area contributed by atoms with Crippen LogP contribution in [0.5, 0.6) is 0 Å². The fourth-order valence-electron chi connectivity index (χ4n) is 1.14. The normalized spacial score (nSPS) is 18.1. The lowest BCUT2D eigenvalue weighted by Crippen LogP contribution is -2.51. The molecule has 0 aliphatic carbocycles. The van der Waals surface area contributed by atoms with E-state index in [1.165, 1.54) is 0 Å². The second kappa shape index (κ2) is 8.72. The van der Waals surface area contributed by atoms with Crippen LogP contribution in [0.2, 0.25) is 0 Å². The Morgan fingerprint density at radius 2 is 1.84 bits per heavy atom. The van der Waals surface area contributed by atoms with E-state index in [1.807, 2.05) is 6.92 Å². The molecule has 0 bridgehead atoms. The van der Waals surface area contributed by atoms with Crippen LogP contribution in [0.25, 0.3) is 0 Å². The van der Waals surface area contributed by atoms with E-state index < -0.39 is 32.0 Å². The highest BCUT2D eigenvalue weighted by molar-refractivity contribution is 7.62. The van der Waals surface area contributed by atoms with Crippen LogP contribution in [0, 0.1) is 5.41 Å². The Kier molecular flexibility index (Phi) is 8.55. The molecular weight excluding hydrogens is 271 g/mol. The van der Waals surface area contributed by atoms with E-state index in [2.05, 4.69) is 0 Å². The zero-order valence-electron chi connectivity index (χ0n) is 11.2. The second-order valence-corrected chi connectivity index (χ2v) is 6.31. The standard InChI is InChI=1S/C9H26N6O3P/c1-2-3-4-5-17-19(16,9(15)7(12)13)18-8(14)6(10)11/h6,8-9,16H,2-5,10-11,14-15H2,1H3,(H3,12,13)/q+1. The first-order valence-electron chi connectivity index (χ1n) is 6.05. The molecule has 0 spiro atoms. The Balaban J connectivity index is 4.66. The number of rotatable bonds is 10. The molecule has 0 aromatic rings. The van der Waals surface area contributed by atoms with Gasteiger partial charge >= 0.3 is 7.94 Å². The van der Waals surface area contributed by atoms with Crippen molar-refractivity contribution < 1.29 is 13.9 Å². The minimum absolute atomic E-state index is 0.228. The molecule has 114 valence electrons. The highest BCUT2D eigenvalue weighted by Gasteiger charge is 2.52. The van der Waals surface area contributed by atoms with Gasteiger partial charge in [-0.3, -0.25) is 16.9 Å². The zero-order valence-corrected chi connectivity index (χ0v) is 12.1. The monoisotopic (exact) mass is 297 g/mol. The maximum absolute atomic E-state index is 10.3. The molecule has 0 rings (SSSR count). The summed E-state index contributed by atoms with van der Waals surface area (Å²) < 4.78 is 10.4. The Hall–Kier alpha value is -0.380. The third kappa shape index (κ3) is 6.55. The molecule has 0 radical (unpaired) electrons. The largest absolute Gasteiger partial charge is 0.436 e. The number of unbranched alkanes of at least 4 members (excludes halogenated alkanes) is 2. The van der Waals surface area contributed by atoms with Crippen LogP contribution in [0.4, 0.5) is 0 Å². The third-order valence-electron chi connectivity index (χ3n) is 2.35. The van der Waals surface area contributed by atoms with Crippen molar-refractivity contribution in [1.29, 1.82) is 5.41 Å². The summed E-state index contributed by atoms with van der Waals surface area (Å²) in [5, 5.41) is 7.28. The van der Waals surface area contributed by atoms with Gasteiger partial charge in [-0.05, 0) is 6.42 Å². The molecule has 12 N–H and O–H groups in total. The highest BCUT2D eigenvalue weighted by Crippen LogP contribution is 2.60. The van der Waals surface area contributed by atoms with Crippen LogP contribution < -0.4 is 28.7 Å². The van der Waals surface area contributed by atoms with E-state index in [0.29, 0.717) is 0 Å². The molecule has 0 saturated heterocycles. The molecule has 3 unspecified atom stereocenters. The summed E-state index contributed by atoms with van der Waals surface area (Å²) in [6.45, 7) is 2.26. The molecule has 0 aromatic heterocycles. The Labute approximate surface area is 113 Å². The average Bonchev–Trinajstić information content (AvgIpc) is 2.33. The summed E-state index contributed by atoms with van der Waals surface area (Å²) in [5.74, 6) is -1.73. The lowest BCUT2D eigenvalue weighted by molar-refractivity contribution is 0.108. The van der Waals surface area contributed by atoms with E-state index >= 15 is 0 Å². The molecule has 0 aromatic carbocycles. The van der Waals surface area contributed by atoms with E-state index in [0.717, 1.165) is 19.3 Å². The van der Waals surface area contributed by atoms with Crippen molar-refractivity contribution in [3.63, 3.8) is 0 Å². The minimum Gasteiger partial charge on any atom is -0.383 e. The van der Waals surface area contributed by atoms with Gasteiger partial charge in [0.1, 0.15) is 0 Å². The fraction of sp³-hybridized carbons (Fsp3) is 0.889. The number of nitrogens with two attached hydrogens (primary N) is 5. The molecule has 10 heteroatoms. The predicted molar refractivity (Wildman–Crippen MR) is 75.7 cm³/mol. The van der Waals surface area contributed by atoms with Crippen molar-refractivity contribution in [2.75, 3.05) is 6.61 Å². The van der Waals surface area contributed by atoms with Gasteiger partial charge in [0.2, 0.25) is 0 Å². The van der Waals surface area contributed by atoms with Crippen molar-refractivity contribution in [3.8, 4) is 0 Å². The quantitative estimate of drug-likeness (QED) is 0.0850. The third-order valence-corrected chi connectivity index (χ3v) is 4.43. The smallest absolute Gasteiger partial charge is 0.383 e.